The SMILES string of the molecule is COc1ccc(N2CC[NH+](C(C)(C)C#N)CC2)cc1. The molecule has 1 aromatic rings. The molecule has 1 aromatic carbocycles. The number of piperazine rings is 1. The van der Waals surface area contributed by atoms with Crippen molar-refractivity contribution >= 4 is 5.69 Å². The third-order valence-electron chi connectivity index (χ3n) is 3.97. The van der Waals surface area contributed by atoms with E-state index in [1.807, 2.05) is 26.0 Å². The van der Waals surface area contributed by atoms with E-state index >= 15 is 0 Å². The fraction of sp³-hybridized carbons (Fsp3) is 0.533. The number of ether oxygens (including phenoxy) is 1. The quantitative estimate of drug-likeness (QED) is 0.870. The standard InChI is InChI=1S/C15H21N3O/c1-15(2,12-16)18-10-8-17(9-11-18)13-4-6-14(19-3)7-5-13/h4-7H,8-11H2,1-3H3/p+1. The Labute approximate surface area is 115 Å². The van der Waals surface area contributed by atoms with Gasteiger partial charge in [-0.1, -0.05) is 0 Å². The van der Waals surface area contributed by atoms with Crippen LogP contribution in [-0.2, 0) is 0 Å². The molecular weight excluding hydrogens is 238 g/mol. The number of nitrogens with one attached hydrogen (secondary N) is 1. The number of benzene rings is 1. The molecule has 4 nitrogen and oxygen atoms in total. The van der Waals surface area contributed by atoms with Crippen LogP contribution in [0.5, 0.6) is 5.75 Å². The number of anilines is 1. The van der Waals surface area contributed by atoms with Gasteiger partial charge in [0.15, 0.2) is 5.54 Å². The number of nitriles is 1. The van der Waals surface area contributed by atoms with Gasteiger partial charge in [0.2, 0.25) is 0 Å². The Morgan fingerprint density at radius 2 is 1.79 bits per heavy atom. The number of nitrogens with zero attached hydrogens (tertiary/aromatic N) is 2. The number of rotatable bonds is 3. The van der Waals surface area contributed by atoms with Gasteiger partial charge < -0.3 is 14.5 Å². The van der Waals surface area contributed by atoms with Gasteiger partial charge in [0, 0.05) is 19.5 Å². The van der Waals surface area contributed by atoms with Gasteiger partial charge in [-0.2, -0.15) is 5.26 Å². The fourth-order valence-corrected chi connectivity index (χ4v) is 2.53. The number of methoxy groups -OCH3 is 1. The molecule has 1 N–H and O–H groups in total. The third kappa shape index (κ3) is 2.99. The summed E-state index contributed by atoms with van der Waals surface area (Å²) in [5.41, 5.74) is 0.945. The summed E-state index contributed by atoms with van der Waals surface area (Å²) in [5, 5.41) is 9.19. The molecule has 0 spiro atoms. The lowest BCUT2D eigenvalue weighted by Gasteiger charge is -2.38. The van der Waals surface area contributed by atoms with E-state index in [9.17, 15) is 5.26 Å². The van der Waals surface area contributed by atoms with Gasteiger partial charge in [-0.3, -0.25) is 0 Å². The fourth-order valence-electron chi connectivity index (χ4n) is 2.53. The van der Waals surface area contributed by atoms with E-state index in [0.29, 0.717) is 0 Å². The van der Waals surface area contributed by atoms with Gasteiger partial charge in [-0.05, 0) is 24.3 Å². The lowest BCUT2D eigenvalue weighted by Crippen LogP contribution is -3.21. The zero-order valence-corrected chi connectivity index (χ0v) is 11.9. The first-order chi connectivity index (χ1) is 9.06. The van der Waals surface area contributed by atoms with Crippen LogP contribution in [0.2, 0.25) is 0 Å². The highest BCUT2D eigenvalue weighted by molar-refractivity contribution is 5.49. The number of quaternary nitrogens is 1. The summed E-state index contributed by atoms with van der Waals surface area (Å²) < 4.78 is 5.17. The average Bonchev–Trinajstić information content (AvgIpc) is 2.47. The maximum Gasteiger partial charge on any atom is 0.179 e. The number of hydrogen-bond donors (Lipinski definition) is 1. The highest BCUT2D eigenvalue weighted by Crippen LogP contribution is 2.19. The van der Waals surface area contributed by atoms with Crippen LogP contribution in [0.4, 0.5) is 5.69 Å². The Morgan fingerprint density at radius 3 is 2.26 bits per heavy atom. The maximum absolute atomic E-state index is 9.19. The van der Waals surface area contributed by atoms with Crippen molar-refractivity contribution in [2.24, 2.45) is 0 Å². The van der Waals surface area contributed by atoms with Crippen molar-refractivity contribution in [3.05, 3.63) is 24.3 Å². The summed E-state index contributed by atoms with van der Waals surface area (Å²) in [6, 6.07) is 10.6. The van der Waals surface area contributed by atoms with Gasteiger partial charge in [0.25, 0.3) is 0 Å². The van der Waals surface area contributed by atoms with Crippen LogP contribution in [0.15, 0.2) is 24.3 Å². The third-order valence-corrected chi connectivity index (χ3v) is 3.97. The summed E-state index contributed by atoms with van der Waals surface area (Å²) in [4.78, 5) is 3.75. The van der Waals surface area contributed by atoms with Crippen molar-refractivity contribution in [1.29, 1.82) is 5.26 Å². The lowest BCUT2D eigenvalue weighted by atomic mass is 10.0. The first kappa shape index (κ1) is 13.7. The Balaban J connectivity index is 1.98. The van der Waals surface area contributed by atoms with Crippen LogP contribution in [-0.4, -0.2) is 38.8 Å². The molecule has 0 radical (unpaired) electrons. The number of hydrogen-bond acceptors (Lipinski definition) is 3. The molecule has 2 rings (SSSR count). The maximum atomic E-state index is 9.19. The van der Waals surface area contributed by atoms with Crippen molar-refractivity contribution in [1.82, 2.24) is 0 Å². The Bertz CT molecular complexity index is 453. The molecule has 0 atom stereocenters. The predicted octanol–water partition coefficient (Wildman–Crippen LogP) is 0.702. The molecule has 0 saturated carbocycles. The lowest BCUT2D eigenvalue weighted by molar-refractivity contribution is -0.939. The minimum atomic E-state index is -0.286. The molecule has 0 amide bonds. The van der Waals surface area contributed by atoms with Gasteiger partial charge in [0.1, 0.15) is 11.8 Å². The van der Waals surface area contributed by atoms with E-state index in [2.05, 4.69) is 23.1 Å². The topological polar surface area (TPSA) is 40.7 Å². The molecular formula is C15H22N3O+. The van der Waals surface area contributed by atoms with Gasteiger partial charge in [0.05, 0.1) is 33.3 Å². The Kier molecular flexibility index (Phi) is 3.96. The molecule has 19 heavy (non-hydrogen) atoms. The molecule has 0 bridgehead atoms. The first-order valence-corrected chi connectivity index (χ1v) is 6.72. The zero-order chi connectivity index (χ0) is 13.9. The normalized spacial score (nSPS) is 17.1. The minimum Gasteiger partial charge on any atom is -0.497 e. The van der Waals surface area contributed by atoms with Crippen molar-refractivity contribution in [3.63, 3.8) is 0 Å². The summed E-state index contributed by atoms with van der Waals surface area (Å²) >= 11 is 0. The predicted molar refractivity (Wildman–Crippen MR) is 75.6 cm³/mol. The van der Waals surface area contributed by atoms with Crippen molar-refractivity contribution in [3.8, 4) is 11.8 Å². The van der Waals surface area contributed by atoms with Crippen LogP contribution in [0.25, 0.3) is 0 Å². The van der Waals surface area contributed by atoms with E-state index in [4.69, 9.17) is 4.74 Å². The second-order valence-electron chi connectivity index (χ2n) is 5.53. The van der Waals surface area contributed by atoms with Crippen LogP contribution < -0.4 is 14.5 Å². The molecule has 1 aliphatic heterocycles. The zero-order valence-electron chi connectivity index (χ0n) is 11.9. The molecule has 102 valence electrons. The average molecular weight is 260 g/mol. The molecule has 4 heteroatoms. The molecule has 0 aromatic heterocycles. The van der Waals surface area contributed by atoms with Gasteiger partial charge in [-0.25, -0.2) is 0 Å². The van der Waals surface area contributed by atoms with Gasteiger partial charge in [-0.15, -0.1) is 0 Å². The van der Waals surface area contributed by atoms with E-state index in [0.717, 1.165) is 31.9 Å². The van der Waals surface area contributed by atoms with Crippen LogP contribution in [0.1, 0.15) is 13.8 Å². The molecule has 1 aliphatic rings. The second kappa shape index (κ2) is 5.50. The van der Waals surface area contributed by atoms with Crippen LogP contribution in [0.3, 0.4) is 0 Å². The van der Waals surface area contributed by atoms with Gasteiger partial charge >= 0.3 is 0 Å². The highest BCUT2D eigenvalue weighted by atomic mass is 16.5. The van der Waals surface area contributed by atoms with E-state index < -0.39 is 0 Å². The summed E-state index contributed by atoms with van der Waals surface area (Å²) in [5.74, 6) is 0.888. The van der Waals surface area contributed by atoms with E-state index in [1.54, 1.807) is 7.11 Å². The highest BCUT2D eigenvalue weighted by Gasteiger charge is 2.33. The second-order valence-corrected chi connectivity index (χ2v) is 5.53. The Morgan fingerprint density at radius 1 is 1.21 bits per heavy atom. The minimum absolute atomic E-state index is 0.286. The van der Waals surface area contributed by atoms with Crippen molar-refractivity contribution < 1.29 is 9.64 Å². The summed E-state index contributed by atoms with van der Waals surface area (Å²) in [6.45, 7) is 8.04. The van der Waals surface area contributed by atoms with Crippen molar-refractivity contribution in [2.45, 2.75) is 19.4 Å². The Hall–Kier alpha value is -1.73. The molecule has 1 saturated heterocycles. The monoisotopic (exact) mass is 260 g/mol. The van der Waals surface area contributed by atoms with E-state index in [1.165, 1.54) is 10.6 Å². The van der Waals surface area contributed by atoms with Crippen LogP contribution in [0, 0.1) is 11.3 Å². The molecule has 1 fully saturated rings. The first-order valence-electron chi connectivity index (χ1n) is 6.72. The summed E-state index contributed by atoms with van der Waals surface area (Å²) in [6.07, 6.45) is 0. The van der Waals surface area contributed by atoms with E-state index in [-0.39, 0.29) is 5.54 Å². The smallest absolute Gasteiger partial charge is 0.179 e. The van der Waals surface area contributed by atoms with Crippen molar-refractivity contribution in [2.75, 3.05) is 38.2 Å². The summed E-state index contributed by atoms with van der Waals surface area (Å²) in [7, 11) is 1.68. The molecule has 0 unspecified atom stereocenters. The molecule has 1 heterocycles. The largest absolute Gasteiger partial charge is 0.497 e. The van der Waals surface area contributed by atoms with Crippen LogP contribution >= 0.6 is 0 Å². The molecule has 0 aliphatic carbocycles.